The van der Waals surface area contributed by atoms with Crippen LogP contribution in [0.2, 0.25) is 0 Å². The third-order valence-corrected chi connectivity index (χ3v) is 5.58. The van der Waals surface area contributed by atoms with Gasteiger partial charge < -0.3 is 15.4 Å². The van der Waals surface area contributed by atoms with E-state index in [-0.39, 0.29) is 17.9 Å². The summed E-state index contributed by atoms with van der Waals surface area (Å²) in [5, 5.41) is 10.8. The molecule has 3 atom stereocenters. The highest BCUT2D eigenvalue weighted by Gasteiger charge is 2.36. The molecule has 1 aromatic heterocycles. The maximum absolute atomic E-state index is 12.9. The first-order valence-corrected chi connectivity index (χ1v) is 10.9. The highest BCUT2D eigenvalue weighted by Crippen LogP contribution is 2.30. The number of hydrogen-bond donors (Lipinski definition) is 3. The molecule has 1 fully saturated rings. The van der Waals surface area contributed by atoms with Gasteiger partial charge in [-0.25, -0.2) is 9.97 Å². The molecule has 2 heterocycles. The van der Waals surface area contributed by atoms with E-state index in [1.165, 1.54) is 0 Å². The van der Waals surface area contributed by atoms with Gasteiger partial charge in [0.25, 0.3) is 0 Å². The minimum absolute atomic E-state index is 0.0273. The van der Waals surface area contributed by atoms with E-state index in [0.717, 1.165) is 40.8 Å². The van der Waals surface area contributed by atoms with Crippen LogP contribution in [0.1, 0.15) is 44.0 Å². The number of carbonyl (C=O) groups is 1. The lowest BCUT2D eigenvalue weighted by molar-refractivity contribution is -0.129. The highest BCUT2D eigenvalue weighted by molar-refractivity contribution is 5.87. The number of aryl methyl sites for hydroxylation is 1. The Kier molecular flexibility index (Phi) is 6.32. The standard InChI is InChI=1S/C24H29N5O2/c1-4-10-18-20(16-11-7-6-8-12-16)26-24(28-22(18)30)29-23-25-15(3)17-13-9-14-19(31-5-2)21(17)27-23/h6-9,11-14,18,20,24,26H,4-5,10H2,1-3H3,(H,28,30)(H,25,27,29). The average Bonchev–Trinajstić information content (AvgIpc) is 2.77. The second-order valence-electron chi connectivity index (χ2n) is 7.75. The van der Waals surface area contributed by atoms with Crippen molar-refractivity contribution in [3.63, 3.8) is 0 Å². The van der Waals surface area contributed by atoms with Gasteiger partial charge in [-0.15, -0.1) is 0 Å². The molecule has 7 nitrogen and oxygen atoms in total. The minimum atomic E-state index is -0.484. The van der Waals surface area contributed by atoms with Crippen molar-refractivity contribution >= 4 is 22.8 Å². The predicted octanol–water partition coefficient (Wildman–Crippen LogP) is 3.91. The van der Waals surface area contributed by atoms with Crippen molar-refractivity contribution in [3.05, 3.63) is 59.8 Å². The van der Waals surface area contributed by atoms with Crippen molar-refractivity contribution in [2.24, 2.45) is 5.92 Å². The van der Waals surface area contributed by atoms with E-state index < -0.39 is 6.29 Å². The van der Waals surface area contributed by atoms with Crippen LogP contribution < -0.4 is 20.7 Å². The topological polar surface area (TPSA) is 88.2 Å². The molecule has 162 valence electrons. The lowest BCUT2D eigenvalue weighted by atomic mass is 9.87. The number of fused-ring (bicyclic) bond motifs is 1. The number of rotatable bonds is 7. The Morgan fingerprint density at radius 2 is 1.87 bits per heavy atom. The minimum Gasteiger partial charge on any atom is -0.492 e. The Labute approximate surface area is 182 Å². The third-order valence-electron chi connectivity index (χ3n) is 5.58. The zero-order valence-corrected chi connectivity index (χ0v) is 18.2. The van der Waals surface area contributed by atoms with Gasteiger partial charge in [0, 0.05) is 11.4 Å². The smallest absolute Gasteiger partial charge is 0.227 e. The van der Waals surface area contributed by atoms with E-state index in [1.54, 1.807) is 0 Å². The van der Waals surface area contributed by atoms with Gasteiger partial charge in [0.1, 0.15) is 11.3 Å². The molecule has 1 saturated heterocycles. The number of para-hydroxylation sites is 1. The van der Waals surface area contributed by atoms with Crippen molar-refractivity contribution in [2.75, 3.05) is 11.9 Å². The van der Waals surface area contributed by atoms with Gasteiger partial charge in [-0.05, 0) is 31.9 Å². The highest BCUT2D eigenvalue weighted by atomic mass is 16.5. The van der Waals surface area contributed by atoms with Crippen molar-refractivity contribution in [1.82, 2.24) is 20.6 Å². The van der Waals surface area contributed by atoms with Gasteiger partial charge in [-0.1, -0.05) is 55.8 Å². The molecule has 3 aromatic rings. The summed E-state index contributed by atoms with van der Waals surface area (Å²) in [6, 6.07) is 15.8. The van der Waals surface area contributed by atoms with E-state index in [4.69, 9.17) is 4.74 Å². The molecule has 1 aliphatic rings. The van der Waals surface area contributed by atoms with E-state index in [1.807, 2.05) is 50.2 Å². The molecular formula is C24H29N5O2. The molecule has 2 aromatic carbocycles. The molecule has 7 heteroatoms. The number of carbonyl (C=O) groups excluding carboxylic acids is 1. The second kappa shape index (κ2) is 9.31. The fraction of sp³-hybridized carbons (Fsp3) is 0.375. The summed E-state index contributed by atoms with van der Waals surface area (Å²) in [7, 11) is 0. The summed E-state index contributed by atoms with van der Waals surface area (Å²) in [6.07, 6.45) is 1.27. The van der Waals surface area contributed by atoms with Crippen LogP contribution in [-0.4, -0.2) is 28.8 Å². The van der Waals surface area contributed by atoms with Crippen LogP contribution in [-0.2, 0) is 4.79 Å². The van der Waals surface area contributed by atoms with Crippen molar-refractivity contribution in [3.8, 4) is 5.75 Å². The number of nitrogens with one attached hydrogen (secondary N) is 3. The Hall–Kier alpha value is -3.19. The summed E-state index contributed by atoms with van der Waals surface area (Å²) >= 11 is 0. The number of anilines is 1. The van der Waals surface area contributed by atoms with Gasteiger partial charge >= 0.3 is 0 Å². The van der Waals surface area contributed by atoms with Gasteiger partial charge in [0.2, 0.25) is 11.9 Å². The number of aromatic nitrogens is 2. The Morgan fingerprint density at radius 3 is 2.61 bits per heavy atom. The fourth-order valence-corrected chi connectivity index (χ4v) is 4.16. The van der Waals surface area contributed by atoms with E-state index in [9.17, 15) is 4.79 Å². The van der Waals surface area contributed by atoms with Gasteiger partial charge in [-0.2, -0.15) is 0 Å². The molecule has 0 aliphatic carbocycles. The zero-order valence-electron chi connectivity index (χ0n) is 18.2. The van der Waals surface area contributed by atoms with Gasteiger partial charge in [-0.3, -0.25) is 10.1 Å². The quantitative estimate of drug-likeness (QED) is 0.538. The van der Waals surface area contributed by atoms with Crippen molar-refractivity contribution in [1.29, 1.82) is 0 Å². The van der Waals surface area contributed by atoms with E-state index >= 15 is 0 Å². The molecule has 31 heavy (non-hydrogen) atoms. The van der Waals surface area contributed by atoms with E-state index in [0.29, 0.717) is 12.6 Å². The molecular weight excluding hydrogens is 390 g/mol. The fourth-order valence-electron chi connectivity index (χ4n) is 4.16. The lowest BCUT2D eigenvalue weighted by Crippen LogP contribution is -2.60. The van der Waals surface area contributed by atoms with Crippen LogP contribution in [0.4, 0.5) is 5.95 Å². The third kappa shape index (κ3) is 4.46. The van der Waals surface area contributed by atoms with Crippen LogP contribution in [0.15, 0.2) is 48.5 Å². The summed E-state index contributed by atoms with van der Waals surface area (Å²) in [5.41, 5.74) is 2.70. The number of ether oxygens (including phenoxy) is 1. The number of hydrogen-bond acceptors (Lipinski definition) is 6. The van der Waals surface area contributed by atoms with E-state index in [2.05, 4.69) is 45.0 Å². The summed E-state index contributed by atoms with van der Waals surface area (Å²) in [4.78, 5) is 22.2. The van der Waals surface area contributed by atoms with Crippen molar-refractivity contribution < 1.29 is 9.53 Å². The van der Waals surface area contributed by atoms with Crippen LogP contribution >= 0.6 is 0 Å². The molecule has 0 spiro atoms. The maximum Gasteiger partial charge on any atom is 0.227 e. The van der Waals surface area contributed by atoms with Crippen molar-refractivity contribution in [2.45, 2.75) is 45.9 Å². The second-order valence-corrected chi connectivity index (χ2v) is 7.75. The molecule has 4 rings (SSSR count). The first kappa shape index (κ1) is 21.1. The Bertz CT molecular complexity index is 1060. The lowest BCUT2D eigenvalue weighted by Gasteiger charge is -2.38. The van der Waals surface area contributed by atoms with Gasteiger partial charge in [0.05, 0.1) is 18.2 Å². The molecule has 3 unspecified atom stereocenters. The number of benzene rings is 2. The maximum atomic E-state index is 12.9. The zero-order chi connectivity index (χ0) is 21.8. The molecule has 3 N–H and O–H groups in total. The monoisotopic (exact) mass is 419 g/mol. The Morgan fingerprint density at radius 1 is 1.06 bits per heavy atom. The SMILES string of the molecule is CCCC1C(=O)NC(Nc2nc(C)c3cccc(OCC)c3n2)NC1c1ccccc1. The largest absolute Gasteiger partial charge is 0.492 e. The summed E-state index contributed by atoms with van der Waals surface area (Å²) in [5.74, 6) is 1.06. The van der Waals surface area contributed by atoms with Crippen LogP contribution in [0.25, 0.3) is 10.9 Å². The Balaban J connectivity index is 1.62. The van der Waals surface area contributed by atoms with Crippen LogP contribution in [0.5, 0.6) is 5.75 Å². The first-order chi connectivity index (χ1) is 15.1. The van der Waals surface area contributed by atoms with Gasteiger partial charge in [0.15, 0.2) is 6.29 Å². The summed E-state index contributed by atoms with van der Waals surface area (Å²) in [6.45, 7) is 6.55. The number of nitrogens with zero attached hydrogens (tertiary/aromatic N) is 2. The number of amides is 1. The van der Waals surface area contributed by atoms with Crippen LogP contribution in [0, 0.1) is 12.8 Å². The predicted molar refractivity (Wildman–Crippen MR) is 122 cm³/mol. The molecule has 1 amide bonds. The summed E-state index contributed by atoms with van der Waals surface area (Å²) < 4.78 is 5.75. The molecule has 0 bridgehead atoms. The normalized spacial score (nSPS) is 21.0. The molecule has 0 radical (unpaired) electrons. The molecule has 0 saturated carbocycles. The first-order valence-electron chi connectivity index (χ1n) is 10.9. The molecule has 1 aliphatic heterocycles. The average molecular weight is 420 g/mol. The van der Waals surface area contributed by atoms with Crippen LogP contribution in [0.3, 0.4) is 0 Å².